The molecule has 3 aromatic rings. The first kappa shape index (κ1) is 14.8. The molecular formula is C17H17N3OS2. The number of aromatic nitrogens is 2. The Morgan fingerprint density at radius 3 is 3.09 bits per heavy atom. The van der Waals surface area contributed by atoms with Crippen molar-refractivity contribution in [3.8, 4) is 0 Å². The van der Waals surface area contributed by atoms with Crippen LogP contribution in [0.1, 0.15) is 35.0 Å². The maximum atomic E-state index is 5.31. The summed E-state index contributed by atoms with van der Waals surface area (Å²) in [5, 5.41) is 13.1. The molecule has 118 valence electrons. The van der Waals surface area contributed by atoms with Gasteiger partial charge in [-0.1, -0.05) is 47.4 Å². The zero-order valence-electron chi connectivity index (χ0n) is 12.6. The van der Waals surface area contributed by atoms with E-state index >= 15 is 0 Å². The normalized spacial score (nSPS) is 17.0. The second-order valence-corrected chi connectivity index (χ2v) is 7.93. The van der Waals surface area contributed by atoms with Crippen molar-refractivity contribution in [3.63, 3.8) is 0 Å². The number of fused-ring (bicyclic) bond motifs is 1. The predicted molar refractivity (Wildman–Crippen MR) is 93.9 cm³/mol. The lowest BCUT2D eigenvalue weighted by Gasteiger charge is -2.23. The Morgan fingerprint density at radius 1 is 1.22 bits per heavy atom. The third-order valence-electron chi connectivity index (χ3n) is 3.96. The second kappa shape index (κ2) is 6.76. The molecule has 2 aromatic heterocycles. The number of furan rings is 1. The number of anilines is 1. The molecular weight excluding hydrogens is 326 g/mol. The minimum Gasteiger partial charge on any atom is -0.467 e. The molecule has 0 amide bonds. The maximum absolute atomic E-state index is 5.31. The van der Waals surface area contributed by atoms with E-state index in [1.165, 1.54) is 30.4 Å². The summed E-state index contributed by atoms with van der Waals surface area (Å²) in [6.07, 6.45) is 5.33. The zero-order chi connectivity index (χ0) is 15.5. The Labute approximate surface area is 143 Å². The summed E-state index contributed by atoms with van der Waals surface area (Å²) >= 11 is 3.44. The van der Waals surface area contributed by atoms with Gasteiger partial charge in [-0.25, -0.2) is 0 Å². The molecule has 0 spiro atoms. The lowest BCUT2D eigenvalue weighted by atomic mass is 9.91. The molecule has 0 bridgehead atoms. The number of aryl methyl sites for hydroxylation is 1. The molecule has 2 heterocycles. The largest absolute Gasteiger partial charge is 0.467 e. The highest BCUT2D eigenvalue weighted by atomic mass is 32.2. The number of hydrogen-bond donors (Lipinski definition) is 1. The minimum absolute atomic E-state index is 0.492. The molecule has 1 N–H and O–H groups in total. The van der Waals surface area contributed by atoms with Gasteiger partial charge in [-0.15, -0.1) is 10.2 Å². The van der Waals surface area contributed by atoms with Crippen molar-refractivity contribution in [2.24, 2.45) is 0 Å². The molecule has 6 heteroatoms. The fraction of sp³-hybridized carbons (Fsp3) is 0.294. The summed E-state index contributed by atoms with van der Waals surface area (Å²) in [6.45, 7) is 0.637. The first-order valence-electron chi connectivity index (χ1n) is 7.73. The monoisotopic (exact) mass is 343 g/mol. The molecule has 0 aliphatic heterocycles. The van der Waals surface area contributed by atoms with E-state index in [1.54, 1.807) is 17.6 Å². The van der Waals surface area contributed by atoms with Crippen LogP contribution in [0.25, 0.3) is 0 Å². The molecule has 0 radical (unpaired) electrons. The molecule has 1 unspecified atom stereocenters. The standard InChI is InChI=1S/C17H17N3OS2/c1-2-8-14-12(5-1)6-3-9-15(14)22-17-20-19-16(23-17)18-11-13-7-4-10-21-13/h1-2,4-5,7-8,10,15H,3,6,9,11H2,(H,18,19). The van der Waals surface area contributed by atoms with Gasteiger partial charge in [-0.2, -0.15) is 0 Å². The Morgan fingerprint density at radius 2 is 2.17 bits per heavy atom. The Kier molecular flexibility index (Phi) is 4.35. The van der Waals surface area contributed by atoms with Gasteiger partial charge in [0.05, 0.1) is 12.8 Å². The molecule has 4 nitrogen and oxygen atoms in total. The molecule has 1 aliphatic carbocycles. The lowest BCUT2D eigenvalue weighted by molar-refractivity contribution is 0.518. The van der Waals surface area contributed by atoms with Gasteiger partial charge in [0.1, 0.15) is 5.76 Å². The molecule has 1 aliphatic rings. The highest BCUT2D eigenvalue weighted by Gasteiger charge is 2.22. The van der Waals surface area contributed by atoms with Crippen LogP contribution in [0.15, 0.2) is 51.4 Å². The van der Waals surface area contributed by atoms with Crippen LogP contribution in [0.5, 0.6) is 0 Å². The molecule has 0 saturated carbocycles. The van der Waals surface area contributed by atoms with Crippen LogP contribution in [-0.4, -0.2) is 10.2 Å². The van der Waals surface area contributed by atoms with E-state index < -0.39 is 0 Å². The molecule has 4 rings (SSSR count). The predicted octanol–water partition coefficient (Wildman–Crippen LogP) is 4.91. The quantitative estimate of drug-likeness (QED) is 0.713. The summed E-state index contributed by atoms with van der Waals surface area (Å²) in [6, 6.07) is 12.6. The van der Waals surface area contributed by atoms with Crippen LogP contribution < -0.4 is 5.32 Å². The van der Waals surface area contributed by atoms with Crippen LogP contribution >= 0.6 is 23.1 Å². The number of rotatable bonds is 5. The summed E-state index contributed by atoms with van der Waals surface area (Å²) < 4.78 is 6.33. The second-order valence-electron chi connectivity index (χ2n) is 5.50. The summed E-state index contributed by atoms with van der Waals surface area (Å²) in [5.74, 6) is 0.899. The van der Waals surface area contributed by atoms with Crippen LogP contribution in [0, 0.1) is 0 Å². The van der Waals surface area contributed by atoms with E-state index in [1.807, 2.05) is 23.9 Å². The van der Waals surface area contributed by atoms with Gasteiger partial charge in [-0.3, -0.25) is 0 Å². The number of thioether (sulfide) groups is 1. The lowest BCUT2D eigenvalue weighted by Crippen LogP contribution is -2.06. The smallest absolute Gasteiger partial charge is 0.206 e. The van der Waals surface area contributed by atoms with E-state index in [9.17, 15) is 0 Å². The minimum atomic E-state index is 0.492. The third kappa shape index (κ3) is 3.43. The van der Waals surface area contributed by atoms with Crippen LogP contribution in [0.4, 0.5) is 5.13 Å². The maximum Gasteiger partial charge on any atom is 0.206 e. The SMILES string of the molecule is c1coc(CNc2nnc(SC3CCCc4ccccc43)s2)c1. The van der Waals surface area contributed by atoms with Gasteiger partial charge in [0.25, 0.3) is 0 Å². The molecule has 0 saturated heterocycles. The molecule has 23 heavy (non-hydrogen) atoms. The van der Waals surface area contributed by atoms with E-state index in [0.29, 0.717) is 11.8 Å². The van der Waals surface area contributed by atoms with Crippen LogP contribution in [0.3, 0.4) is 0 Å². The highest BCUT2D eigenvalue weighted by Crippen LogP contribution is 2.44. The van der Waals surface area contributed by atoms with Gasteiger partial charge in [0.2, 0.25) is 5.13 Å². The number of nitrogens with one attached hydrogen (secondary N) is 1. The van der Waals surface area contributed by atoms with Crippen molar-refractivity contribution < 1.29 is 4.42 Å². The average molecular weight is 343 g/mol. The van der Waals surface area contributed by atoms with Crippen molar-refractivity contribution in [2.75, 3.05) is 5.32 Å². The van der Waals surface area contributed by atoms with Crippen molar-refractivity contribution >= 4 is 28.2 Å². The topological polar surface area (TPSA) is 51.0 Å². The summed E-state index contributed by atoms with van der Waals surface area (Å²) in [7, 11) is 0. The van der Waals surface area contributed by atoms with Gasteiger partial charge < -0.3 is 9.73 Å². The fourth-order valence-corrected chi connectivity index (χ4v) is 5.08. The molecule has 0 fully saturated rings. The first-order valence-corrected chi connectivity index (χ1v) is 9.42. The Bertz CT molecular complexity index is 770. The van der Waals surface area contributed by atoms with Gasteiger partial charge in [0, 0.05) is 5.25 Å². The van der Waals surface area contributed by atoms with Crippen LogP contribution in [0.2, 0.25) is 0 Å². The Hall–Kier alpha value is -1.79. The fourth-order valence-electron chi connectivity index (χ4n) is 2.86. The summed E-state index contributed by atoms with van der Waals surface area (Å²) in [4.78, 5) is 0. The average Bonchev–Trinajstić information content (AvgIpc) is 3.25. The van der Waals surface area contributed by atoms with E-state index in [2.05, 4.69) is 39.8 Å². The summed E-state index contributed by atoms with van der Waals surface area (Å²) in [5.41, 5.74) is 2.95. The first-order chi connectivity index (χ1) is 11.4. The van der Waals surface area contributed by atoms with Gasteiger partial charge in [0.15, 0.2) is 4.34 Å². The van der Waals surface area contributed by atoms with Gasteiger partial charge >= 0.3 is 0 Å². The third-order valence-corrected chi connectivity index (χ3v) is 6.23. The van der Waals surface area contributed by atoms with E-state index in [0.717, 1.165) is 15.2 Å². The number of nitrogens with zero attached hydrogens (tertiary/aromatic N) is 2. The van der Waals surface area contributed by atoms with Crippen molar-refractivity contribution in [1.82, 2.24) is 10.2 Å². The van der Waals surface area contributed by atoms with Crippen molar-refractivity contribution in [2.45, 2.75) is 35.4 Å². The number of hydrogen-bond acceptors (Lipinski definition) is 6. The van der Waals surface area contributed by atoms with Crippen molar-refractivity contribution in [1.29, 1.82) is 0 Å². The van der Waals surface area contributed by atoms with E-state index in [4.69, 9.17) is 4.42 Å². The molecule has 1 atom stereocenters. The Balaban J connectivity index is 1.42. The van der Waals surface area contributed by atoms with Crippen LogP contribution in [-0.2, 0) is 13.0 Å². The van der Waals surface area contributed by atoms with E-state index in [-0.39, 0.29) is 0 Å². The zero-order valence-corrected chi connectivity index (χ0v) is 14.2. The van der Waals surface area contributed by atoms with Gasteiger partial charge in [-0.05, 0) is 42.5 Å². The highest BCUT2D eigenvalue weighted by molar-refractivity contribution is 8.01. The van der Waals surface area contributed by atoms with Crippen molar-refractivity contribution in [3.05, 3.63) is 59.5 Å². The number of benzene rings is 1. The molecule has 1 aromatic carbocycles.